The van der Waals surface area contributed by atoms with E-state index in [9.17, 15) is 18.0 Å². The van der Waals surface area contributed by atoms with Crippen molar-refractivity contribution in [2.75, 3.05) is 25.0 Å². The van der Waals surface area contributed by atoms with Gasteiger partial charge in [0.2, 0.25) is 10.0 Å². The van der Waals surface area contributed by atoms with E-state index in [1.165, 1.54) is 25.8 Å². The lowest BCUT2D eigenvalue weighted by atomic mass is 10.2. The Hall–Kier alpha value is -3.44. The first kappa shape index (κ1) is 24.2. The van der Waals surface area contributed by atoms with Crippen LogP contribution < -0.4 is 5.32 Å². The molecule has 0 aliphatic heterocycles. The first-order valence-electron chi connectivity index (χ1n) is 10.5. The number of amides is 1. The first-order chi connectivity index (χ1) is 15.7. The predicted octanol–water partition coefficient (Wildman–Crippen LogP) is 2.67. The number of carbonyl (C=O) groups is 2. The minimum absolute atomic E-state index is 0.0743. The van der Waals surface area contributed by atoms with E-state index in [1.807, 2.05) is 0 Å². The minimum atomic E-state index is -3.66. The molecule has 0 bridgehead atoms. The van der Waals surface area contributed by atoms with Gasteiger partial charge in [0.1, 0.15) is 10.6 Å². The number of hydrogen-bond donors (Lipinski definition) is 1. The lowest BCUT2D eigenvalue weighted by Crippen LogP contribution is -2.30. The Kier molecular flexibility index (Phi) is 7.34. The monoisotopic (exact) mass is 473 g/mol. The van der Waals surface area contributed by atoms with Crippen LogP contribution in [-0.2, 0) is 21.8 Å². The second kappa shape index (κ2) is 10.0. The van der Waals surface area contributed by atoms with Crippen molar-refractivity contribution in [3.63, 3.8) is 0 Å². The smallest absolute Gasteiger partial charge is 0.358 e. The highest BCUT2D eigenvalue weighted by Gasteiger charge is 2.25. The van der Waals surface area contributed by atoms with Crippen LogP contribution in [-0.4, -0.2) is 58.6 Å². The number of rotatable bonds is 9. The van der Waals surface area contributed by atoms with Gasteiger partial charge in [-0.3, -0.25) is 4.79 Å². The molecule has 0 atom stereocenters. The summed E-state index contributed by atoms with van der Waals surface area (Å²) in [6, 6.07) is 9.79. The van der Waals surface area contributed by atoms with E-state index in [-0.39, 0.29) is 22.9 Å². The molecular weight excluding hydrogens is 446 g/mol. The van der Waals surface area contributed by atoms with Crippen LogP contribution >= 0.6 is 0 Å². The molecule has 1 amide bonds. The molecule has 0 spiro atoms. The molecule has 0 saturated carbocycles. The highest BCUT2D eigenvalue weighted by atomic mass is 32.2. The summed E-state index contributed by atoms with van der Waals surface area (Å²) in [5.41, 5.74) is 1.63. The molecule has 1 N–H and O–H groups in total. The van der Waals surface area contributed by atoms with Gasteiger partial charge in [0, 0.05) is 38.2 Å². The van der Waals surface area contributed by atoms with Crippen LogP contribution in [0.5, 0.6) is 0 Å². The molecular formula is C22H27N5O5S. The van der Waals surface area contributed by atoms with Gasteiger partial charge in [-0.15, -0.1) is 0 Å². The Morgan fingerprint density at radius 2 is 1.76 bits per heavy atom. The van der Waals surface area contributed by atoms with Crippen LogP contribution in [0.15, 0.2) is 53.7 Å². The zero-order valence-corrected chi connectivity index (χ0v) is 19.8. The van der Waals surface area contributed by atoms with E-state index in [1.54, 1.807) is 64.3 Å². The van der Waals surface area contributed by atoms with Crippen molar-refractivity contribution >= 4 is 27.6 Å². The van der Waals surface area contributed by atoms with Crippen molar-refractivity contribution in [2.24, 2.45) is 7.05 Å². The number of hydrogen-bond acceptors (Lipinski definition) is 6. The molecule has 2 heterocycles. The third kappa shape index (κ3) is 5.15. The summed E-state index contributed by atoms with van der Waals surface area (Å²) >= 11 is 0. The van der Waals surface area contributed by atoms with E-state index >= 15 is 0 Å². The van der Waals surface area contributed by atoms with Crippen molar-refractivity contribution in [3.8, 4) is 5.69 Å². The fraction of sp³-hybridized carbons (Fsp3) is 0.318. The second-order valence-electron chi connectivity index (χ2n) is 7.13. The summed E-state index contributed by atoms with van der Waals surface area (Å²) < 4.78 is 34.8. The van der Waals surface area contributed by atoms with Gasteiger partial charge in [-0.1, -0.05) is 13.8 Å². The van der Waals surface area contributed by atoms with Gasteiger partial charge in [0.05, 0.1) is 12.3 Å². The Bertz CT molecular complexity index is 1240. The Labute approximate surface area is 192 Å². The van der Waals surface area contributed by atoms with Crippen molar-refractivity contribution in [1.82, 2.24) is 18.7 Å². The normalized spacial score (nSPS) is 11.5. The molecule has 0 aliphatic carbocycles. The fourth-order valence-electron chi connectivity index (χ4n) is 3.29. The summed E-state index contributed by atoms with van der Waals surface area (Å²) in [6.45, 7) is 6.22. The molecule has 0 aliphatic rings. The lowest BCUT2D eigenvalue weighted by molar-refractivity contribution is 0.0518. The molecule has 3 aromatic rings. The number of anilines is 1. The van der Waals surface area contributed by atoms with Gasteiger partial charge in [-0.05, 0) is 43.3 Å². The van der Waals surface area contributed by atoms with E-state index in [0.717, 1.165) is 0 Å². The van der Waals surface area contributed by atoms with Crippen LogP contribution in [0.2, 0.25) is 0 Å². The Morgan fingerprint density at radius 1 is 1.09 bits per heavy atom. The molecule has 0 radical (unpaired) electrons. The zero-order chi connectivity index (χ0) is 24.2. The van der Waals surface area contributed by atoms with Gasteiger partial charge in [-0.2, -0.15) is 9.40 Å². The molecule has 0 fully saturated rings. The molecule has 10 nitrogen and oxygen atoms in total. The van der Waals surface area contributed by atoms with Crippen LogP contribution in [0, 0.1) is 0 Å². The third-order valence-electron chi connectivity index (χ3n) is 5.02. The molecule has 1 aromatic carbocycles. The minimum Gasteiger partial charge on any atom is -0.461 e. The van der Waals surface area contributed by atoms with Crippen LogP contribution in [0.1, 0.15) is 41.7 Å². The number of sulfonamides is 1. The molecule has 176 valence electrons. The summed E-state index contributed by atoms with van der Waals surface area (Å²) in [7, 11) is -2.04. The molecule has 0 unspecified atom stereocenters. The number of nitrogens with zero attached hydrogens (tertiary/aromatic N) is 4. The van der Waals surface area contributed by atoms with E-state index < -0.39 is 21.9 Å². The van der Waals surface area contributed by atoms with Gasteiger partial charge in [0.15, 0.2) is 5.69 Å². The maximum absolute atomic E-state index is 12.8. The summed E-state index contributed by atoms with van der Waals surface area (Å²) in [5, 5.41) is 6.96. The number of carbonyl (C=O) groups excluding carboxylic acids is 2. The number of aryl methyl sites for hydroxylation is 1. The molecule has 0 saturated heterocycles. The topological polar surface area (TPSA) is 116 Å². The maximum atomic E-state index is 12.8. The molecule has 2 aromatic heterocycles. The number of nitrogens with one attached hydrogen (secondary N) is 1. The van der Waals surface area contributed by atoms with E-state index in [2.05, 4.69) is 10.4 Å². The second-order valence-corrected chi connectivity index (χ2v) is 9.07. The van der Waals surface area contributed by atoms with Crippen LogP contribution in [0.25, 0.3) is 5.69 Å². The lowest BCUT2D eigenvalue weighted by Gasteiger charge is -2.17. The SMILES string of the molecule is CCOC(=O)c1ccn(-c2ccc(NC(=O)c3cc(S(=O)(=O)N(CC)CC)cn3C)cc2)n1. The van der Waals surface area contributed by atoms with Crippen molar-refractivity contribution in [1.29, 1.82) is 0 Å². The Balaban J connectivity index is 1.74. The molecule has 3 rings (SSSR count). The summed E-state index contributed by atoms with van der Waals surface area (Å²) in [4.78, 5) is 24.6. The van der Waals surface area contributed by atoms with Crippen molar-refractivity contribution in [2.45, 2.75) is 25.7 Å². The van der Waals surface area contributed by atoms with Gasteiger partial charge < -0.3 is 14.6 Å². The summed E-state index contributed by atoms with van der Waals surface area (Å²) in [5.74, 6) is -0.931. The zero-order valence-electron chi connectivity index (χ0n) is 19.0. The first-order valence-corrected chi connectivity index (χ1v) is 12.0. The predicted molar refractivity (Wildman–Crippen MR) is 123 cm³/mol. The highest BCUT2D eigenvalue weighted by Crippen LogP contribution is 2.20. The average Bonchev–Trinajstić information content (AvgIpc) is 3.43. The van der Waals surface area contributed by atoms with Crippen molar-refractivity contribution < 1.29 is 22.7 Å². The third-order valence-corrected chi connectivity index (χ3v) is 7.03. The van der Waals surface area contributed by atoms with E-state index in [4.69, 9.17) is 4.74 Å². The van der Waals surface area contributed by atoms with E-state index in [0.29, 0.717) is 24.5 Å². The molecule has 33 heavy (non-hydrogen) atoms. The van der Waals surface area contributed by atoms with Gasteiger partial charge in [-0.25, -0.2) is 17.9 Å². The number of aromatic nitrogens is 3. The van der Waals surface area contributed by atoms with Crippen molar-refractivity contribution in [3.05, 3.63) is 60.2 Å². The number of ether oxygens (including phenoxy) is 1. The number of esters is 1. The van der Waals surface area contributed by atoms with Gasteiger partial charge >= 0.3 is 5.97 Å². The van der Waals surface area contributed by atoms with Gasteiger partial charge in [0.25, 0.3) is 5.91 Å². The summed E-state index contributed by atoms with van der Waals surface area (Å²) in [6.07, 6.45) is 3.08. The molecule has 11 heteroatoms. The quantitative estimate of drug-likeness (QED) is 0.478. The van der Waals surface area contributed by atoms with Crippen LogP contribution in [0.3, 0.4) is 0 Å². The average molecular weight is 474 g/mol. The Morgan fingerprint density at radius 3 is 2.36 bits per heavy atom. The fourth-order valence-corrected chi connectivity index (χ4v) is 4.82. The maximum Gasteiger partial charge on any atom is 0.358 e. The van der Waals surface area contributed by atoms with Crippen LogP contribution in [0.4, 0.5) is 5.69 Å². The number of benzene rings is 1. The standard InChI is InChI=1S/C22H27N5O5S/c1-5-26(6-2)33(30,31)18-14-20(25(4)15-18)21(28)23-16-8-10-17(11-9-16)27-13-12-19(24-27)22(29)32-7-3/h8-15H,5-7H2,1-4H3,(H,23,28). The highest BCUT2D eigenvalue weighted by molar-refractivity contribution is 7.89. The largest absolute Gasteiger partial charge is 0.461 e.